The molecule has 3 unspecified atom stereocenters. The first-order chi connectivity index (χ1) is 60.9. The lowest BCUT2D eigenvalue weighted by Gasteiger charge is -2.23. The van der Waals surface area contributed by atoms with E-state index in [4.69, 9.17) is 55.2 Å². The van der Waals surface area contributed by atoms with E-state index in [-0.39, 0.29) is 66.5 Å². The van der Waals surface area contributed by atoms with E-state index in [2.05, 4.69) is 41.9 Å². The SMILES string of the molecule is COC(=O)c1cc2oc3ccccc3c2n1CC(=O)NCc1ccco1.COc1ccc(Cl)cc1NC(=O)c1cc(-c2ccco2)on1.Cc1ccc(NC(=O)C23C(=O)Oc4ccccc4C2C3(C)C(=O)c2ccccc2)cc1.O=C(CCC(=O)c1ccc(Cl)cc1)Nc1c(F)cccc1F.O=C(CCc1ccccc1)Nc1nnc(SCc2ccc(F)cc2)s1. The Labute approximate surface area is 735 Å². The molecule has 126 heavy (non-hydrogen) atoms. The number of nitrogens with one attached hydrogen (secondary N) is 5. The first-order valence-electron chi connectivity index (χ1n) is 38.8. The molecule has 0 radical (unpaired) electrons. The van der Waals surface area contributed by atoms with Gasteiger partial charge in [0.1, 0.15) is 58.2 Å². The number of Topliss-reactive ketones (excluding diaryl/α,β-unsaturated/α-hetero) is 2. The molecular formula is C94H76Cl2F3N9O16S2. The highest BCUT2D eigenvalue weighted by atomic mass is 35.5. The molecule has 25 nitrogen and oxygen atoms in total. The monoisotopic (exact) mass is 1780 g/mol. The van der Waals surface area contributed by atoms with Crippen molar-refractivity contribution in [2.75, 3.05) is 35.5 Å². The van der Waals surface area contributed by atoms with Crippen molar-refractivity contribution in [2.24, 2.45) is 10.8 Å². The highest BCUT2D eigenvalue weighted by molar-refractivity contribution is 8.00. The number of amides is 5. The molecule has 32 heteroatoms. The van der Waals surface area contributed by atoms with Gasteiger partial charge in [0, 0.05) is 80.9 Å². The number of ketones is 2. The molecule has 1 fully saturated rings. The van der Waals surface area contributed by atoms with E-state index in [0.29, 0.717) is 107 Å². The van der Waals surface area contributed by atoms with Crippen LogP contribution in [0.5, 0.6) is 11.5 Å². The number of carbonyl (C=O) groups is 9. The van der Waals surface area contributed by atoms with Crippen LogP contribution in [-0.4, -0.2) is 87.2 Å². The van der Waals surface area contributed by atoms with Gasteiger partial charge < -0.3 is 63.1 Å². The van der Waals surface area contributed by atoms with Gasteiger partial charge in [-0.2, -0.15) is 0 Å². The number of nitrogens with zero attached hydrogens (tertiary/aromatic N) is 4. The number of rotatable bonds is 25. The minimum Gasteiger partial charge on any atom is -0.495 e. The van der Waals surface area contributed by atoms with Crippen molar-refractivity contribution in [1.82, 2.24) is 25.2 Å². The second-order valence-electron chi connectivity index (χ2n) is 28.4. The average Bonchev–Trinajstić information content (AvgIpc) is 1.46. The number of furan rings is 3. The molecule has 9 aromatic carbocycles. The fourth-order valence-corrected chi connectivity index (χ4v) is 15.9. The molecule has 1 saturated carbocycles. The number of ether oxygens (including phenoxy) is 3. The van der Waals surface area contributed by atoms with Crippen LogP contribution in [0.1, 0.15) is 102 Å². The quantitative estimate of drug-likeness (QED) is 0.00886. The number of methoxy groups -OCH3 is 2. The molecule has 5 amide bonds. The largest absolute Gasteiger partial charge is 0.495 e. The van der Waals surface area contributed by atoms with Gasteiger partial charge in [0.2, 0.25) is 34.5 Å². The Kier molecular flexibility index (Phi) is 29.2. The number of thioether (sulfide) groups is 1. The van der Waals surface area contributed by atoms with Gasteiger partial charge in [-0.25, -0.2) is 18.0 Å². The number of para-hydroxylation sites is 3. The second kappa shape index (κ2) is 41.1. The van der Waals surface area contributed by atoms with Gasteiger partial charge in [-0.15, -0.1) is 10.2 Å². The highest BCUT2D eigenvalue weighted by Crippen LogP contribution is 2.78. The molecule has 7 heterocycles. The summed E-state index contributed by atoms with van der Waals surface area (Å²) in [6.07, 6.45) is 3.91. The number of esters is 2. The van der Waals surface area contributed by atoms with Gasteiger partial charge in [-0.3, -0.25) is 38.4 Å². The number of aromatic nitrogens is 4. The van der Waals surface area contributed by atoms with Crippen molar-refractivity contribution < 1.29 is 88.3 Å². The Bertz CT molecular complexity index is 6400. The van der Waals surface area contributed by atoms with E-state index in [9.17, 15) is 56.3 Å². The zero-order valence-corrected chi connectivity index (χ0v) is 70.6. The van der Waals surface area contributed by atoms with Crippen molar-refractivity contribution in [2.45, 2.75) is 68.6 Å². The summed E-state index contributed by atoms with van der Waals surface area (Å²) in [5.74, 6) is -3.12. The van der Waals surface area contributed by atoms with Crippen molar-refractivity contribution in [1.29, 1.82) is 0 Å². The normalized spacial score (nSPS) is 14.3. The van der Waals surface area contributed by atoms with Gasteiger partial charge in [0.05, 0.1) is 49.9 Å². The third-order valence-electron chi connectivity index (χ3n) is 20.1. The van der Waals surface area contributed by atoms with Crippen LogP contribution in [-0.2, 0) is 54.0 Å². The lowest BCUT2D eigenvalue weighted by Crippen LogP contribution is -2.42. The standard InChI is InChI=1S/C26H21NO4.C19H16N2O5.C18H16FN3OS2.C16H12ClF2NO2.C15H11ClN2O4/c1-16-12-14-18(15-13-16)27-23(29)26-21(19-10-6-7-11-20(19)31-24(26)30)25(26,2)22(28)17-8-4-3-5-9-17;1-24-19(23)14-9-16-18(13-6-2-3-7-15(13)26-16)21(14)11-17(22)20-10-12-5-4-8-25-12;19-15-9-6-14(7-10-15)12-24-18-22-21-17(25-18)20-16(23)11-8-13-4-2-1-3-5-13;17-11-6-4-10(5-7-11)14(21)8-9-15(22)20-16-12(18)2-1-3-13(16)19;1-20-12-5-4-9(16)7-10(12)17-15(19)11-8-14(22-18-11)13-3-2-6-21-13/h3-15,21H,1-2H3,(H,27,29);2-9H,10-11H2,1H3,(H,20,22);1-7,9-10H,8,11-12H2,(H,20,21,23);1-7H,8-9H2,(H,20,22);2-8H,1H3,(H,17,19). The molecule has 2 aliphatic rings. The number of hydrogen-bond acceptors (Lipinski definition) is 21. The second-order valence-corrected chi connectivity index (χ2v) is 31.5. The van der Waals surface area contributed by atoms with Crippen LogP contribution in [0.2, 0.25) is 10.0 Å². The summed E-state index contributed by atoms with van der Waals surface area (Å²) in [7, 11) is 2.81. The highest BCUT2D eigenvalue weighted by Gasteiger charge is 2.88. The minimum atomic E-state index is -1.63. The number of aryl methyl sites for hydroxylation is 2. The maximum atomic E-state index is 13.7. The predicted molar refractivity (Wildman–Crippen MR) is 469 cm³/mol. The van der Waals surface area contributed by atoms with Gasteiger partial charge in [0.25, 0.3) is 5.91 Å². The van der Waals surface area contributed by atoms with Crippen LogP contribution < -0.4 is 36.1 Å². The maximum Gasteiger partial charge on any atom is 0.354 e. The average molecular weight is 1780 g/mol. The molecule has 3 atom stereocenters. The molecule has 15 aromatic rings. The van der Waals surface area contributed by atoms with E-state index >= 15 is 0 Å². The summed E-state index contributed by atoms with van der Waals surface area (Å²) in [6, 6.07) is 71.4. The molecule has 17 rings (SSSR count). The molecule has 6 aromatic heterocycles. The summed E-state index contributed by atoms with van der Waals surface area (Å²) in [5.41, 5.74) is 4.70. The lowest BCUT2D eigenvalue weighted by molar-refractivity contribution is -0.147. The van der Waals surface area contributed by atoms with Crippen LogP contribution in [0.3, 0.4) is 0 Å². The molecule has 0 bridgehead atoms. The molecule has 0 saturated heterocycles. The van der Waals surface area contributed by atoms with Crippen molar-refractivity contribution >= 4 is 144 Å². The summed E-state index contributed by atoms with van der Waals surface area (Å²) in [4.78, 5) is 113. The zero-order valence-electron chi connectivity index (χ0n) is 67.5. The Hall–Kier alpha value is -14.5. The number of benzene rings is 9. The van der Waals surface area contributed by atoms with Crippen LogP contribution in [0.4, 0.5) is 35.4 Å². The minimum absolute atomic E-state index is 0.0435. The Morgan fingerprint density at radius 1 is 0.611 bits per heavy atom. The van der Waals surface area contributed by atoms with Gasteiger partial charge >= 0.3 is 11.9 Å². The number of anilines is 4. The van der Waals surface area contributed by atoms with Gasteiger partial charge in [-0.1, -0.05) is 178 Å². The van der Waals surface area contributed by atoms with Crippen LogP contribution >= 0.6 is 46.3 Å². The molecule has 1 aliphatic carbocycles. The van der Waals surface area contributed by atoms with Crippen molar-refractivity contribution in [3.8, 4) is 23.0 Å². The van der Waals surface area contributed by atoms with Crippen molar-refractivity contribution in [3.05, 3.63) is 345 Å². The first kappa shape index (κ1) is 89.3. The number of hydrogen-bond donors (Lipinski definition) is 5. The molecular weight excluding hydrogens is 1700 g/mol. The summed E-state index contributed by atoms with van der Waals surface area (Å²) < 4.78 is 78.9. The van der Waals surface area contributed by atoms with Gasteiger partial charge in [0.15, 0.2) is 38.4 Å². The molecule has 5 N–H and O–H groups in total. The first-order valence-corrected chi connectivity index (χ1v) is 41.4. The summed E-state index contributed by atoms with van der Waals surface area (Å²) >= 11 is 14.5. The Balaban J connectivity index is 0.000000136. The van der Waals surface area contributed by atoms with Crippen LogP contribution in [0, 0.1) is 35.2 Å². The maximum absolute atomic E-state index is 13.7. The lowest BCUT2D eigenvalue weighted by atomic mass is 9.86. The molecule has 0 spiro atoms. The zero-order chi connectivity index (χ0) is 89.0. The van der Waals surface area contributed by atoms with Crippen molar-refractivity contribution in [3.63, 3.8) is 0 Å². The van der Waals surface area contributed by atoms with Gasteiger partial charge in [-0.05, 0) is 153 Å². The van der Waals surface area contributed by atoms with E-state index in [0.717, 1.165) is 38.5 Å². The van der Waals surface area contributed by atoms with E-state index in [1.165, 1.54) is 67.8 Å². The smallest absolute Gasteiger partial charge is 0.354 e. The number of carbonyl (C=O) groups excluding carboxylic acids is 9. The van der Waals surface area contributed by atoms with E-state index in [1.807, 2.05) is 91.9 Å². The Morgan fingerprint density at radius 2 is 1.29 bits per heavy atom. The Morgan fingerprint density at radius 3 is 2.00 bits per heavy atom. The number of halogens is 5. The van der Waals surface area contributed by atoms with E-state index < -0.39 is 63.7 Å². The summed E-state index contributed by atoms with van der Waals surface area (Å²) in [5, 5.41) is 27.3. The fourth-order valence-electron chi connectivity index (χ4n) is 13.8. The number of fused-ring (bicyclic) bond motifs is 6. The summed E-state index contributed by atoms with van der Waals surface area (Å²) in [6.45, 7) is 3.88. The fraction of sp³-hybridized carbons (Fsp3) is 0.149. The van der Waals surface area contributed by atoms with Crippen LogP contribution in [0.15, 0.2) is 289 Å². The molecule has 640 valence electrons. The predicted octanol–water partition coefficient (Wildman–Crippen LogP) is 20.2. The third kappa shape index (κ3) is 21.4. The molecule has 1 aliphatic heterocycles. The van der Waals surface area contributed by atoms with E-state index in [1.54, 1.807) is 151 Å². The van der Waals surface area contributed by atoms with Crippen LogP contribution in [0.25, 0.3) is 33.6 Å². The topological polar surface area (TPSA) is 338 Å². The third-order valence-corrected chi connectivity index (χ3v) is 22.7.